The second-order valence-corrected chi connectivity index (χ2v) is 5.22. The van der Waals surface area contributed by atoms with Crippen LogP contribution in [0.1, 0.15) is 17.7 Å². The molecule has 1 aromatic heterocycles. The van der Waals surface area contributed by atoms with Crippen LogP contribution in [0.5, 0.6) is 0 Å². The van der Waals surface area contributed by atoms with Crippen molar-refractivity contribution in [1.82, 2.24) is 20.3 Å². The first-order chi connectivity index (χ1) is 9.86. The maximum absolute atomic E-state index is 4.18. The number of aryl methyl sites for hydroxylation is 1. The van der Waals surface area contributed by atoms with E-state index in [1.54, 1.807) is 0 Å². The Hall–Kier alpha value is -1.88. The van der Waals surface area contributed by atoms with Gasteiger partial charge < -0.3 is 10.2 Å². The summed E-state index contributed by atoms with van der Waals surface area (Å²) in [7, 11) is 1.92. The van der Waals surface area contributed by atoms with Crippen LogP contribution in [-0.2, 0) is 19.5 Å². The van der Waals surface area contributed by atoms with Gasteiger partial charge in [0.05, 0.1) is 12.2 Å². The maximum Gasteiger partial charge on any atom is 0.0964 e. The van der Waals surface area contributed by atoms with Gasteiger partial charge >= 0.3 is 0 Å². The van der Waals surface area contributed by atoms with Crippen LogP contribution in [0.15, 0.2) is 30.5 Å². The number of nitrogens with zero attached hydrogens (tertiary/aromatic N) is 4. The highest BCUT2D eigenvalue weighted by Gasteiger charge is 2.15. The van der Waals surface area contributed by atoms with Crippen molar-refractivity contribution in [2.24, 2.45) is 0 Å². The maximum atomic E-state index is 4.18. The fourth-order valence-corrected chi connectivity index (χ4v) is 2.78. The first-order valence-corrected chi connectivity index (χ1v) is 7.23. The van der Waals surface area contributed by atoms with Crippen LogP contribution < -0.4 is 10.2 Å². The molecular formula is C15H21N5. The molecule has 5 heteroatoms. The van der Waals surface area contributed by atoms with E-state index in [1.165, 1.54) is 24.1 Å². The molecule has 0 saturated heterocycles. The number of para-hydroxylation sites is 1. The second-order valence-electron chi connectivity index (χ2n) is 5.22. The number of nitrogens with one attached hydrogen (secondary N) is 1. The van der Waals surface area contributed by atoms with Gasteiger partial charge in [0.2, 0.25) is 0 Å². The summed E-state index contributed by atoms with van der Waals surface area (Å²) in [5.41, 5.74) is 3.84. The van der Waals surface area contributed by atoms with Gasteiger partial charge in [0.25, 0.3) is 0 Å². The van der Waals surface area contributed by atoms with Crippen LogP contribution in [0.3, 0.4) is 0 Å². The molecule has 0 unspecified atom stereocenters. The summed E-state index contributed by atoms with van der Waals surface area (Å²) in [6.45, 7) is 3.77. The fourth-order valence-electron chi connectivity index (χ4n) is 2.78. The smallest absolute Gasteiger partial charge is 0.0964 e. The molecule has 3 rings (SSSR count). The van der Waals surface area contributed by atoms with Gasteiger partial charge in [0.1, 0.15) is 0 Å². The van der Waals surface area contributed by atoms with E-state index in [-0.39, 0.29) is 0 Å². The van der Waals surface area contributed by atoms with E-state index in [4.69, 9.17) is 0 Å². The number of anilines is 1. The molecule has 5 nitrogen and oxygen atoms in total. The van der Waals surface area contributed by atoms with Gasteiger partial charge in [-0.25, -0.2) is 0 Å². The molecule has 2 heterocycles. The van der Waals surface area contributed by atoms with Crippen LogP contribution in [0.2, 0.25) is 0 Å². The lowest BCUT2D eigenvalue weighted by atomic mass is 10.0. The van der Waals surface area contributed by atoms with Gasteiger partial charge in [-0.1, -0.05) is 23.4 Å². The molecule has 2 aromatic rings. The summed E-state index contributed by atoms with van der Waals surface area (Å²) >= 11 is 0. The lowest BCUT2D eigenvalue weighted by molar-refractivity contribution is 0.562. The Morgan fingerprint density at radius 2 is 2.15 bits per heavy atom. The molecule has 0 radical (unpaired) electrons. The Balaban J connectivity index is 1.64. The van der Waals surface area contributed by atoms with Gasteiger partial charge in [0.15, 0.2) is 0 Å². The molecular weight excluding hydrogens is 250 g/mol. The Morgan fingerprint density at radius 1 is 1.25 bits per heavy atom. The third-order valence-corrected chi connectivity index (χ3v) is 3.75. The Kier molecular flexibility index (Phi) is 3.97. The van der Waals surface area contributed by atoms with E-state index in [1.807, 2.05) is 17.9 Å². The van der Waals surface area contributed by atoms with Crippen LogP contribution >= 0.6 is 0 Å². The van der Waals surface area contributed by atoms with Gasteiger partial charge in [-0.05, 0) is 31.5 Å². The van der Waals surface area contributed by atoms with Crippen LogP contribution in [0, 0.1) is 0 Å². The normalized spacial score (nSPS) is 14.3. The summed E-state index contributed by atoms with van der Waals surface area (Å²) in [6, 6.07) is 8.71. The molecule has 20 heavy (non-hydrogen) atoms. The van der Waals surface area contributed by atoms with Crippen molar-refractivity contribution in [3.8, 4) is 0 Å². The molecule has 0 bridgehead atoms. The zero-order valence-corrected chi connectivity index (χ0v) is 11.9. The van der Waals surface area contributed by atoms with E-state index in [0.717, 1.165) is 31.9 Å². The summed E-state index contributed by atoms with van der Waals surface area (Å²) in [5, 5.41) is 11.4. The minimum atomic E-state index is 0.770. The van der Waals surface area contributed by atoms with Gasteiger partial charge in [-0.3, -0.25) is 4.68 Å². The molecule has 1 aromatic carbocycles. The summed E-state index contributed by atoms with van der Waals surface area (Å²) < 4.78 is 1.93. The third-order valence-electron chi connectivity index (χ3n) is 3.75. The lowest BCUT2D eigenvalue weighted by Gasteiger charge is -2.31. The topological polar surface area (TPSA) is 46.0 Å². The van der Waals surface area contributed by atoms with Crippen molar-refractivity contribution in [3.63, 3.8) is 0 Å². The van der Waals surface area contributed by atoms with E-state index in [0.29, 0.717) is 0 Å². The minimum Gasteiger partial charge on any atom is -0.369 e. The molecule has 0 amide bonds. The lowest BCUT2D eigenvalue weighted by Crippen LogP contribution is -2.32. The monoisotopic (exact) mass is 271 g/mol. The first-order valence-electron chi connectivity index (χ1n) is 7.23. The first kappa shape index (κ1) is 13.1. The molecule has 0 fully saturated rings. The van der Waals surface area contributed by atoms with Gasteiger partial charge in [-0.15, -0.1) is 5.10 Å². The summed E-state index contributed by atoms with van der Waals surface area (Å²) in [6.07, 6.45) is 4.45. The predicted molar refractivity (Wildman–Crippen MR) is 79.8 cm³/mol. The zero-order chi connectivity index (χ0) is 13.8. The minimum absolute atomic E-state index is 0.770. The highest BCUT2D eigenvalue weighted by molar-refractivity contribution is 5.55. The number of hydrogen-bond donors (Lipinski definition) is 1. The van der Waals surface area contributed by atoms with Crippen LogP contribution in [-0.4, -0.2) is 35.1 Å². The second kappa shape index (κ2) is 6.05. The molecule has 106 valence electrons. The van der Waals surface area contributed by atoms with Crippen molar-refractivity contribution in [1.29, 1.82) is 0 Å². The Labute approximate surface area is 119 Å². The van der Waals surface area contributed by atoms with E-state index in [2.05, 4.69) is 44.8 Å². The highest BCUT2D eigenvalue weighted by Crippen LogP contribution is 2.26. The number of aromatic nitrogens is 3. The SMILES string of the molecule is CNCc1cn(CCN2CCCc3ccccc32)nn1. The molecule has 0 saturated carbocycles. The summed E-state index contributed by atoms with van der Waals surface area (Å²) in [4.78, 5) is 2.46. The zero-order valence-electron chi connectivity index (χ0n) is 11.9. The highest BCUT2D eigenvalue weighted by atomic mass is 15.4. The standard InChI is InChI=1S/C15H21N5/c1-16-11-14-12-20(18-17-14)10-9-19-8-4-6-13-5-2-3-7-15(13)19/h2-3,5,7,12,16H,4,6,8-11H2,1H3. The van der Waals surface area contributed by atoms with Crippen LogP contribution in [0.4, 0.5) is 5.69 Å². The van der Waals surface area contributed by atoms with Crippen molar-refractivity contribution in [2.75, 3.05) is 25.0 Å². The molecule has 1 N–H and O–H groups in total. The van der Waals surface area contributed by atoms with Crippen molar-refractivity contribution >= 4 is 5.69 Å². The van der Waals surface area contributed by atoms with Crippen molar-refractivity contribution < 1.29 is 0 Å². The van der Waals surface area contributed by atoms with E-state index in [9.17, 15) is 0 Å². The number of hydrogen-bond acceptors (Lipinski definition) is 4. The van der Waals surface area contributed by atoms with E-state index < -0.39 is 0 Å². The van der Waals surface area contributed by atoms with Gasteiger partial charge in [-0.2, -0.15) is 0 Å². The number of rotatable bonds is 5. The summed E-state index contributed by atoms with van der Waals surface area (Å²) in [5.74, 6) is 0. The van der Waals surface area contributed by atoms with Gasteiger partial charge in [0, 0.05) is 31.5 Å². The van der Waals surface area contributed by atoms with Crippen molar-refractivity contribution in [3.05, 3.63) is 41.7 Å². The molecule has 0 spiro atoms. The molecule has 0 aliphatic carbocycles. The Bertz CT molecular complexity index is 563. The molecule has 0 atom stereocenters. The Morgan fingerprint density at radius 3 is 3.05 bits per heavy atom. The van der Waals surface area contributed by atoms with Crippen LogP contribution in [0.25, 0.3) is 0 Å². The molecule has 1 aliphatic rings. The average molecular weight is 271 g/mol. The average Bonchev–Trinajstić information content (AvgIpc) is 2.93. The number of fused-ring (bicyclic) bond motifs is 1. The van der Waals surface area contributed by atoms with Crippen molar-refractivity contribution in [2.45, 2.75) is 25.9 Å². The predicted octanol–water partition coefficient (Wildman–Crippen LogP) is 1.45. The van der Waals surface area contributed by atoms with E-state index >= 15 is 0 Å². The fraction of sp³-hybridized carbons (Fsp3) is 0.467. The quantitative estimate of drug-likeness (QED) is 0.894. The largest absolute Gasteiger partial charge is 0.369 e. The number of benzene rings is 1. The molecule has 1 aliphatic heterocycles. The third kappa shape index (κ3) is 2.82.